The fraction of sp³-hybridized carbons (Fsp3) is 0.300. The van der Waals surface area contributed by atoms with Gasteiger partial charge < -0.3 is 5.32 Å². The van der Waals surface area contributed by atoms with Gasteiger partial charge >= 0.3 is 0 Å². The van der Waals surface area contributed by atoms with E-state index in [0.717, 1.165) is 22.0 Å². The molecule has 0 aliphatic heterocycles. The molecule has 8 heteroatoms. The molecular formula is C20H23N5O2S. The Morgan fingerprint density at radius 3 is 2.64 bits per heavy atom. The van der Waals surface area contributed by atoms with Gasteiger partial charge in [0.15, 0.2) is 5.82 Å². The Kier molecular flexibility index (Phi) is 6.30. The van der Waals surface area contributed by atoms with Crippen LogP contribution in [0.5, 0.6) is 0 Å². The molecule has 146 valence electrons. The van der Waals surface area contributed by atoms with E-state index in [1.54, 1.807) is 28.6 Å². The van der Waals surface area contributed by atoms with E-state index in [4.69, 9.17) is 0 Å². The van der Waals surface area contributed by atoms with Crippen molar-refractivity contribution in [3.63, 3.8) is 0 Å². The number of nitrogens with one attached hydrogen (secondary N) is 1. The standard InChI is InChI=1S/C20H23N5O2S/c1-4-28-17-8-6-5-7-16(17)20(27)21-11-12-24-19(26)10-9-18(23-24)25-15(3)13-14(2)22-25/h5-10,13H,4,11-12H2,1-3H3,(H,21,27). The number of carbonyl (C=O) groups excluding carboxylic acids is 1. The quantitative estimate of drug-likeness (QED) is 0.620. The lowest BCUT2D eigenvalue weighted by molar-refractivity contribution is 0.0949. The average Bonchev–Trinajstić information content (AvgIpc) is 3.02. The summed E-state index contributed by atoms with van der Waals surface area (Å²) < 4.78 is 3.04. The van der Waals surface area contributed by atoms with Crippen LogP contribution in [0.1, 0.15) is 28.7 Å². The molecular weight excluding hydrogens is 374 g/mol. The minimum Gasteiger partial charge on any atom is -0.350 e. The number of rotatable bonds is 7. The summed E-state index contributed by atoms with van der Waals surface area (Å²) in [6.07, 6.45) is 0. The summed E-state index contributed by atoms with van der Waals surface area (Å²) in [5.41, 5.74) is 2.24. The van der Waals surface area contributed by atoms with Gasteiger partial charge in [0.25, 0.3) is 11.5 Å². The van der Waals surface area contributed by atoms with Crippen molar-refractivity contribution in [1.82, 2.24) is 24.9 Å². The maximum atomic E-state index is 12.5. The summed E-state index contributed by atoms with van der Waals surface area (Å²) in [4.78, 5) is 25.6. The minimum atomic E-state index is -0.221. The van der Waals surface area contributed by atoms with Crippen LogP contribution < -0.4 is 10.9 Å². The minimum absolute atomic E-state index is 0.153. The van der Waals surface area contributed by atoms with E-state index in [2.05, 4.69) is 15.5 Å². The summed E-state index contributed by atoms with van der Waals surface area (Å²) in [6, 6.07) is 12.6. The normalized spacial score (nSPS) is 10.8. The molecule has 0 fully saturated rings. The Balaban J connectivity index is 1.70. The third kappa shape index (κ3) is 4.51. The van der Waals surface area contributed by atoms with Gasteiger partial charge in [0.1, 0.15) is 0 Å². The molecule has 7 nitrogen and oxygen atoms in total. The van der Waals surface area contributed by atoms with Crippen molar-refractivity contribution in [2.75, 3.05) is 12.3 Å². The SMILES string of the molecule is CCSc1ccccc1C(=O)NCCn1nc(-n2nc(C)cc2C)ccc1=O. The molecule has 0 aliphatic carbocycles. The topological polar surface area (TPSA) is 81.8 Å². The van der Waals surface area contributed by atoms with E-state index in [1.165, 1.54) is 10.7 Å². The Morgan fingerprint density at radius 1 is 1.14 bits per heavy atom. The molecule has 0 saturated carbocycles. The second-order valence-corrected chi connectivity index (χ2v) is 7.58. The van der Waals surface area contributed by atoms with Crippen LogP contribution in [0.2, 0.25) is 0 Å². The van der Waals surface area contributed by atoms with Crippen LogP contribution >= 0.6 is 11.8 Å². The fourth-order valence-corrected chi connectivity index (χ4v) is 3.68. The molecule has 1 aromatic carbocycles. The van der Waals surface area contributed by atoms with Crippen molar-refractivity contribution in [3.05, 3.63) is 69.8 Å². The largest absolute Gasteiger partial charge is 0.350 e. The molecule has 1 N–H and O–H groups in total. The van der Waals surface area contributed by atoms with Gasteiger partial charge in [-0.05, 0) is 43.9 Å². The lowest BCUT2D eigenvalue weighted by atomic mass is 10.2. The number of aryl methyl sites for hydroxylation is 2. The van der Waals surface area contributed by atoms with Gasteiger partial charge in [-0.3, -0.25) is 9.59 Å². The predicted octanol–water partition coefficient (Wildman–Crippen LogP) is 2.59. The molecule has 2 aromatic heterocycles. The Morgan fingerprint density at radius 2 is 1.93 bits per heavy atom. The summed E-state index contributed by atoms with van der Waals surface area (Å²) in [5, 5.41) is 11.6. The number of hydrogen-bond acceptors (Lipinski definition) is 5. The number of aromatic nitrogens is 4. The van der Waals surface area contributed by atoms with Crippen LogP contribution in [0.4, 0.5) is 0 Å². The molecule has 0 bridgehead atoms. The first kappa shape index (κ1) is 19.9. The lowest BCUT2D eigenvalue weighted by Crippen LogP contribution is -2.32. The molecule has 0 aliphatic rings. The van der Waals surface area contributed by atoms with Crippen LogP contribution in [0.3, 0.4) is 0 Å². The van der Waals surface area contributed by atoms with E-state index in [0.29, 0.717) is 17.9 Å². The Hall–Kier alpha value is -2.87. The summed E-state index contributed by atoms with van der Waals surface area (Å²) in [6.45, 7) is 6.47. The highest BCUT2D eigenvalue weighted by atomic mass is 32.2. The van der Waals surface area contributed by atoms with Crippen molar-refractivity contribution in [3.8, 4) is 5.82 Å². The second kappa shape index (κ2) is 8.88. The zero-order valence-corrected chi connectivity index (χ0v) is 17.0. The molecule has 3 rings (SSSR count). The molecule has 28 heavy (non-hydrogen) atoms. The van der Waals surface area contributed by atoms with Crippen LogP contribution in [-0.4, -0.2) is 37.8 Å². The third-order valence-electron chi connectivity index (χ3n) is 4.12. The highest BCUT2D eigenvalue weighted by molar-refractivity contribution is 7.99. The van der Waals surface area contributed by atoms with E-state index in [1.807, 2.05) is 45.0 Å². The molecule has 1 amide bonds. The molecule has 0 spiro atoms. The zero-order chi connectivity index (χ0) is 20.1. The molecule has 0 unspecified atom stereocenters. The summed E-state index contributed by atoms with van der Waals surface area (Å²) >= 11 is 1.63. The molecule has 0 radical (unpaired) electrons. The van der Waals surface area contributed by atoms with Crippen LogP contribution in [0, 0.1) is 13.8 Å². The van der Waals surface area contributed by atoms with Gasteiger partial charge in [-0.25, -0.2) is 9.36 Å². The molecule has 0 atom stereocenters. The van der Waals surface area contributed by atoms with Crippen molar-refractivity contribution in [2.45, 2.75) is 32.2 Å². The molecule has 3 aromatic rings. The van der Waals surface area contributed by atoms with Gasteiger partial charge in [-0.2, -0.15) is 5.10 Å². The number of nitrogens with zero attached hydrogens (tertiary/aromatic N) is 4. The van der Waals surface area contributed by atoms with Crippen LogP contribution in [0.15, 0.2) is 52.2 Å². The van der Waals surface area contributed by atoms with E-state index >= 15 is 0 Å². The summed E-state index contributed by atoms with van der Waals surface area (Å²) in [5.74, 6) is 1.31. The highest BCUT2D eigenvalue weighted by Crippen LogP contribution is 2.21. The highest BCUT2D eigenvalue weighted by Gasteiger charge is 2.11. The maximum absolute atomic E-state index is 12.5. The van der Waals surface area contributed by atoms with Gasteiger partial charge in [-0.1, -0.05) is 19.1 Å². The van der Waals surface area contributed by atoms with Gasteiger partial charge in [-0.15, -0.1) is 16.9 Å². The monoisotopic (exact) mass is 397 g/mol. The Bertz CT molecular complexity index is 1040. The van der Waals surface area contributed by atoms with Gasteiger partial charge in [0, 0.05) is 23.2 Å². The molecule has 0 saturated heterocycles. The van der Waals surface area contributed by atoms with Crippen molar-refractivity contribution in [1.29, 1.82) is 0 Å². The molecule has 2 heterocycles. The second-order valence-electron chi connectivity index (χ2n) is 6.28. The lowest BCUT2D eigenvalue weighted by Gasteiger charge is -2.11. The van der Waals surface area contributed by atoms with E-state index in [9.17, 15) is 9.59 Å². The van der Waals surface area contributed by atoms with Gasteiger partial charge in [0.2, 0.25) is 0 Å². The van der Waals surface area contributed by atoms with Crippen molar-refractivity contribution >= 4 is 17.7 Å². The van der Waals surface area contributed by atoms with Crippen molar-refractivity contribution < 1.29 is 4.79 Å². The number of hydrogen-bond donors (Lipinski definition) is 1. The summed E-state index contributed by atoms with van der Waals surface area (Å²) in [7, 11) is 0. The number of carbonyl (C=O) groups is 1. The smallest absolute Gasteiger partial charge is 0.266 e. The number of amides is 1. The first-order chi connectivity index (χ1) is 13.5. The van der Waals surface area contributed by atoms with Gasteiger partial charge in [0.05, 0.1) is 17.8 Å². The maximum Gasteiger partial charge on any atom is 0.266 e. The number of benzene rings is 1. The van der Waals surface area contributed by atoms with E-state index < -0.39 is 0 Å². The first-order valence-corrected chi connectivity index (χ1v) is 10.1. The first-order valence-electron chi connectivity index (χ1n) is 9.11. The Labute approximate surface area is 167 Å². The zero-order valence-electron chi connectivity index (χ0n) is 16.2. The average molecular weight is 398 g/mol. The van der Waals surface area contributed by atoms with Crippen LogP contribution in [0.25, 0.3) is 5.82 Å². The predicted molar refractivity (Wildman–Crippen MR) is 110 cm³/mol. The van der Waals surface area contributed by atoms with E-state index in [-0.39, 0.29) is 18.0 Å². The number of thioether (sulfide) groups is 1. The van der Waals surface area contributed by atoms with Crippen LogP contribution in [-0.2, 0) is 6.54 Å². The third-order valence-corrected chi connectivity index (χ3v) is 5.08. The van der Waals surface area contributed by atoms with Crippen molar-refractivity contribution in [2.24, 2.45) is 0 Å². The fourth-order valence-electron chi connectivity index (χ4n) is 2.88.